The monoisotopic (exact) mass is 442 g/mol. The summed E-state index contributed by atoms with van der Waals surface area (Å²) in [7, 11) is 1.57. The molecule has 160 valence electrons. The molecule has 3 rings (SSSR count). The van der Waals surface area contributed by atoms with Crippen molar-refractivity contribution in [2.75, 3.05) is 23.5 Å². The number of rotatable bonds is 8. The minimum Gasteiger partial charge on any atom is -0.497 e. The topological polar surface area (TPSA) is 67.4 Å². The molecule has 3 aromatic rings. The highest BCUT2D eigenvalue weighted by Crippen LogP contribution is 2.21. The first-order valence-corrected chi connectivity index (χ1v) is 10.4. The fourth-order valence-corrected chi connectivity index (χ4v) is 3.51. The standard InChI is InChI=1S/C23H20F2N2O3S/c1-30-18-8-6-17(7-9-18)27-23(29)15-2-4-16(5-3-15)26-22(28)12-13-31-19-10-11-20(24)21(25)14-19/h2-11,14H,12-13H2,1H3,(H,26,28)(H,27,29). The zero-order chi connectivity index (χ0) is 22.2. The number of hydrogen-bond donors (Lipinski definition) is 2. The number of hydrogen-bond acceptors (Lipinski definition) is 4. The van der Waals surface area contributed by atoms with Crippen molar-refractivity contribution in [1.29, 1.82) is 0 Å². The lowest BCUT2D eigenvalue weighted by Gasteiger charge is -2.08. The molecule has 8 heteroatoms. The SMILES string of the molecule is COc1ccc(NC(=O)c2ccc(NC(=O)CCSc3ccc(F)c(F)c3)cc2)cc1. The van der Waals surface area contributed by atoms with Gasteiger partial charge < -0.3 is 15.4 Å². The maximum atomic E-state index is 13.2. The second-order valence-corrected chi connectivity index (χ2v) is 7.65. The summed E-state index contributed by atoms with van der Waals surface area (Å²) in [5.41, 5.74) is 1.65. The first-order valence-electron chi connectivity index (χ1n) is 9.38. The number of thioether (sulfide) groups is 1. The molecule has 0 spiro atoms. The molecule has 0 saturated carbocycles. The minimum absolute atomic E-state index is 0.198. The van der Waals surface area contributed by atoms with Crippen LogP contribution >= 0.6 is 11.8 Å². The summed E-state index contributed by atoms with van der Waals surface area (Å²) in [6, 6.07) is 17.1. The van der Waals surface area contributed by atoms with Crippen molar-refractivity contribution in [3.05, 3.63) is 83.9 Å². The van der Waals surface area contributed by atoms with Crippen LogP contribution in [0.25, 0.3) is 0 Å². The molecule has 2 amide bonds. The van der Waals surface area contributed by atoms with Gasteiger partial charge in [0.05, 0.1) is 7.11 Å². The van der Waals surface area contributed by atoms with Gasteiger partial charge in [0.25, 0.3) is 5.91 Å². The van der Waals surface area contributed by atoms with E-state index in [-0.39, 0.29) is 18.2 Å². The van der Waals surface area contributed by atoms with Crippen LogP contribution in [0.3, 0.4) is 0 Å². The van der Waals surface area contributed by atoms with E-state index in [0.29, 0.717) is 33.3 Å². The van der Waals surface area contributed by atoms with E-state index < -0.39 is 11.6 Å². The normalized spacial score (nSPS) is 10.4. The molecule has 0 atom stereocenters. The molecule has 0 aliphatic carbocycles. The lowest BCUT2D eigenvalue weighted by Crippen LogP contribution is -2.14. The number of nitrogens with one attached hydrogen (secondary N) is 2. The van der Waals surface area contributed by atoms with Crippen LogP contribution < -0.4 is 15.4 Å². The van der Waals surface area contributed by atoms with Crippen LogP contribution in [0.5, 0.6) is 5.75 Å². The summed E-state index contributed by atoms with van der Waals surface area (Å²) in [5, 5.41) is 5.53. The highest BCUT2D eigenvalue weighted by atomic mass is 32.2. The molecule has 0 saturated heterocycles. The van der Waals surface area contributed by atoms with Crippen LogP contribution in [0.2, 0.25) is 0 Å². The zero-order valence-corrected chi connectivity index (χ0v) is 17.5. The van der Waals surface area contributed by atoms with Crippen LogP contribution in [0.1, 0.15) is 16.8 Å². The molecule has 0 aliphatic rings. The third kappa shape index (κ3) is 6.55. The van der Waals surface area contributed by atoms with Gasteiger partial charge in [-0.2, -0.15) is 0 Å². The van der Waals surface area contributed by atoms with Gasteiger partial charge in [-0.1, -0.05) is 0 Å². The molecule has 2 N–H and O–H groups in total. The molecular formula is C23H20F2N2O3S. The molecule has 0 aliphatic heterocycles. The average molecular weight is 442 g/mol. The van der Waals surface area contributed by atoms with Crippen LogP contribution in [0.15, 0.2) is 71.6 Å². The number of anilines is 2. The summed E-state index contributed by atoms with van der Waals surface area (Å²) in [6.07, 6.45) is 0.198. The highest BCUT2D eigenvalue weighted by molar-refractivity contribution is 7.99. The van der Waals surface area contributed by atoms with Crippen LogP contribution in [-0.4, -0.2) is 24.7 Å². The van der Waals surface area contributed by atoms with E-state index in [4.69, 9.17) is 4.74 Å². The second-order valence-electron chi connectivity index (χ2n) is 6.48. The summed E-state index contributed by atoms with van der Waals surface area (Å²) in [5.74, 6) is -1.19. The molecule has 0 radical (unpaired) electrons. The quantitative estimate of drug-likeness (QED) is 0.462. The smallest absolute Gasteiger partial charge is 0.255 e. The fourth-order valence-electron chi connectivity index (χ4n) is 2.63. The molecule has 0 aromatic heterocycles. The Morgan fingerprint density at radius 1 is 0.871 bits per heavy atom. The Bertz CT molecular complexity index is 1060. The third-order valence-corrected chi connectivity index (χ3v) is 5.26. The number of benzene rings is 3. The van der Waals surface area contributed by atoms with Crippen LogP contribution in [0.4, 0.5) is 20.2 Å². The van der Waals surface area contributed by atoms with E-state index in [1.54, 1.807) is 55.6 Å². The van der Waals surface area contributed by atoms with Gasteiger partial charge in [-0.15, -0.1) is 11.8 Å². The van der Waals surface area contributed by atoms with Crippen molar-refractivity contribution >= 4 is 35.0 Å². The van der Waals surface area contributed by atoms with Gasteiger partial charge in [-0.25, -0.2) is 8.78 Å². The molecular weight excluding hydrogens is 422 g/mol. The Morgan fingerprint density at radius 2 is 1.52 bits per heavy atom. The molecule has 0 fully saturated rings. The van der Waals surface area contributed by atoms with Gasteiger partial charge >= 0.3 is 0 Å². The maximum Gasteiger partial charge on any atom is 0.255 e. The van der Waals surface area contributed by atoms with Crippen molar-refractivity contribution in [2.45, 2.75) is 11.3 Å². The van der Waals surface area contributed by atoms with Gasteiger partial charge in [0.2, 0.25) is 5.91 Å². The van der Waals surface area contributed by atoms with Crippen molar-refractivity contribution in [1.82, 2.24) is 0 Å². The van der Waals surface area contributed by atoms with Crippen molar-refractivity contribution < 1.29 is 23.1 Å². The van der Waals surface area contributed by atoms with Crippen LogP contribution in [0, 0.1) is 11.6 Å². The summed E-state index contributed by atoms with van der Waals surface area (Å²) in [4.78, 5) is 25.0. The Balaban J connectivity index is 1.47. The lowest BCUT2D eigenvalue weighted by atomic mass is 10.2. The Kier molecular flexibility index (Phi) is 7.61. The van der Waals surface area contributed by atoms with E-state index in [0.717, 1.165) is 12.1 Å². The second kappa shape index (κ2) is 10.6. The van der Waals surface area contributed by atoms with Crippen molar-refractivity contribution in [3.63, 3.8) is 0 Å². The van der Waals surface area contributed by atoms with Gasteiger partial charge in [-0.05, 0) is 66.7 Å². The predicted molar refractivity (Wildman–Crippen MR) is 118 cm³/mol. The summed E-state index contributed by atoms with van der Waals surface area (Å²) < 4.78 is 31.2. The fraction of sp³-hybridized carbons (Fsp3) is 0.130. The largest absolute Gasteiger partial charge is 0.497 e. The zero-order valence-electron chi connectivity index (χ0n) is 16.7. The van der Waals surface area contributed by atoms with E-state index in [9.17, 15) is 18.4 Å². The van der Waals surface area contributed by atoms with Gasteiger partial charge in [0.15, 0.2) is 11.6 Å². The highest BCUT2D eigenvalue weighted by Gasteiger charge is 2.09. The molecule has 0 unspecified atom stereocenters. The summed E-state index contributed by atoms with van der Waals surface area (Å²) in [6.45, 7) is 0. The van der Waals surface area contributed by atoms with E-state index >= 15 is 0 Å². The van der Waals surface area contributed by atoms with Gasteiger partial charge in [0, 0.05) is 34.0 Å². The molecule has 3 aromatic carbocycles. The van der Waals surface area contributed by atoms with Crippen LogP contribution in [-0.2, 0) is 4.79 Å². The van der Waals surface area contributed by atoms with Gasteiger partial charge in [0.1, 0.15) is 5.75 Å². The minimum atomic E-state index is -0.912. The number of amides is 2. The van der Waals surface area contributed by atoms with E-state index in [1.165, 1.54) is 17.8 Å². The van der Waals surface area contributed by atoms with Crippen molar-refractivity contribution in [3.8, 4) is 5.75 Å². The molecule has 31 heavy (non-hydrogen) atoms. The lowest BCUT2D eigenvalue weighted by molar-refractivity contribution is -0.115. The number of carbonyl (C=O) groups is 2. The maximum absolute atomic E-state index is 13.2. The summed E-state index contributed by atoms with van der Waals surface area (Å²) >= 11 is 1.26. The number of ether oxygens (including phenoxy) is 1. The van der Waals surface area contributed by atoms with Crippen molar-refractivity contribution in [2.24, 2.45) is 0 Å². The van der Waals surface area contributed by atoms with Gasteiger partial charge in [-0.3, -0.25) is 9.59 Å². The number of halogens is 2. The molecule has 5 nitrogen and oxygen atoms in total. The molecule has 0 heterocycles. The Hall–Kier alpha value is -3.39. The molecule has 0 bridgehead atoms. The number of carbonyl (C=O) groups excluding carboxylic acids is 2. The Morgan fingerprint density at radius 3 is 2.16 bits per heavy atom. The Labute approximate surface area is 182 Å². The first-order chi connectivity index (χ1) is 14.9. The number of methoxy groups -OCH3 is 1. The third-order valence-electron chi connectivity index (χ3n) is 4.27. The first kappa shape index (κ1) is 22.3. The predicted octanol–water partition coefficient (Wildman–Crippen LogP) is 5.35. The van der Waals surface area contributed by atoms with E-state index in [1.807, 2.05) is 0 Å². The van der Waals surface area contributed by atoms with E-state index in [2.05, 4.69) is 10.6 Å². The average Bonchev–Trinajstić information content (AvgIpc) is 2.77.